The molecule has 0 radical (unpaired) electrons. The summed E-state index contributed by atoms with van der Waals surface area (Å²) in [5, 5.41) is 37.0. The number of hydrogen-bond acceptors (Lipinski definition) is 8. The number of nitrogens with zero attached hydrogens (tertiary/aromatic N) is 3. The number of allylic oxidation sites excluding steroid dienone is 4. The summed E-state index contributed by atoms with van der Waals surface area (Å²) in [7, 11) is 3.74. The van der Waals surface area contributed by atoms with Gasteiger partial charge < -0.3 is 30.2 Å². The highest BCUT2D eigenvalue weighted by Gasteiger charge is 2.06. The molecule has 284 valence electrons. The maximum absolute atomic E-state index is 9.25. The molecule has 0 unspecified atom stereocenters. The zero-order chi connectivity index (χ0) is 38.2. The van der Waals surface area contributed by atoms with Crippen LogP contribution in [0.5, 0.6) is 0 Å². The maximum Gasteiger partial charge on any atom is 0.169 e. The second-order valence-corrected chi connectivity index (χ2v) is 13.4. The standard InChI is InChI=1S/C38H49N4O4S2.2CH3Cl/c1-2-33(3-4-34-7-11-37(12-8-34)41(22-27-43)23-28-44)15-18-39-19-31-47-48-32-26-40-20-16-36(17-21-40)6-5-35-9-13-38(14-10-35)42(24-29-45)25-30-46;2*1-2/h2-18,20-21,43-46H,1,19,22-32H2;2*1H3/q+1;;/p+1/b4-3+,33-15+,39-18?;;. The van der Waals surface area contributed by atoms with Crippen LogP contribution in [0.3, 0.4) is 0 Å². The third-order valence-corrected chi connectivity index (χ3v) is 9.71. The molecular weight excluding hydrogens is 736 g/mol. The molecule has 5 N–H and O–H groups in total. The molecule has 0 aliphatic carbocycles. The number of hydrogen-bond donors (Lipinski definition) is 5. The number of alkyl halides is 2. The van der Waals surface area contributed by atoms with Crippen LogP contribution in [0.1, 0.15) is 16.7 Å². The number of aliphatic hydroxyl groups excluding tert-OH is 4. The van der Waals surface area contributed by atoms with Gasteiger partial charge >= 0.3 is 0 Å². The largest absolute Gasteiger partial charge is 0.395 e. The molecule has 0 bridgehead atoms. The van der Waals surface area contributed by atoms with Gasteiger partial charge in [0.05, 0.1) is 37.9 Å². The van der Waals surface area contributed by atoms with E-state index in [1.165, 1.54) is 12.8 Å². The Hall–Kier alpha value is -3.06. The van der Waals surface area contributed by atoms with Gasteiger partial charge in [-0.05, 0) is 46.5 Å². The number of aliphatic hydroxyl groups is 4. The zero-order valence-corrected chi connectivity index (χ0v) is 33.5. The van der Waals surface area contributed by atoms with Crippen molar-refractivity contribution in [2.45, 2.75) is 6.54 Å². The summed E-state index contributed by atoms with van der Waals surface area (Å²) in [6.45, 7) is 7.94. The quantitative estimate of drug-likeness (QED) is 0.0234. The Morgan fingerprint density at radius 3 is 1.58 bits per heavy atom. The van der Waals surface area contributed by atoms with E-state index in [1.807, 2.05) is 110 Å². The first-order valence-corrected chi connectivity index (χ1v) is 21.0. The highest BCUT2D eigenvalue weighted by Crippen LogP contribution is 2.20. The second kappa shape index (κ2) is 31.5. The average Bonchev–Trinajstić information content (AvgIpc) is 3.20. The van der Waals surface area contributed by atoms with E-state index in [9.17, 15) is 20.4 Å². The lowest BCUT2D eigenvalue weighted by molar-refractivity contribution is -0.692. The molecule has 12 heteroatoms. The van der Waals surface area contributed by atoms with Crippen LogP contribution in [0.15, 0.2) is 103 Å². The monoisotopic (exact) mass is 790 g/mol. The van der Waals surface area contributed by atoms with E-state index >= 15 is 0 Å². The summed E-state index contributed by atoms with van der Waals surface area (Å²) < 4.78 is 2.20. The van der Waals surface area contributed by atoms with Gasteiger partial charge in [-0.2, -0.15) is 0 Å². The Morgan fingerprint density at radius 1 is 0.673 bits per heavy atom. The number of anilines is 2. The molecule has 3 rings (SSSR count). The van der Waals surface area contributed by atoms with E-state index in [0.29, 0.717) is 26.2 Å². The number of pyridine rings is 1. The van der Waals surface area contributed by atoms with Crippen LogP contribution in [0, 0.1) is 0 Å². The second-order valence-electron chi connectivity index (χ2n) is 10.7. The fourth-order valence-corrected chi connectivity index (χ4v) is 6.62. The summed E-state index contributed by atoms with van der Waals surface area (Å²) in [6.07, 6.45) is 21.2. The van der Waals surface area contributed by atoms with E-state index < -0.39 is 0 Å². The molecule has 1 heterocycles. The lowest BCUT2D eigenvalue weighted by atomic mass is 10.1. The van der Waals surface area contributed by atoms with Gasteiger partial charge in [-0.25, -0.2) is 9.56 Å². The van der Waals surface area contributed by atoms with Gasteiger partial charge in [0.1, 0.15) is 0 Å². The molecule has 0 atom stereocenters. The van der Waals surface area contributed by atoms with Gasteiger partial charge in [-0.3, -0.25) is 0 Å². The molecule has 2 aromatic carbocycles. The van der Waals surface area contributed by atoms with Gasteiger partial charge in [-0.1, -0.05) is 82.8 Å². The summed E-state index contributed by atoms with van der Waals surface area (Å²) in [6, 6.07) is 20.4. The summed E-state index contributed by atoms with van der Waals surface area (Å²) in [5.74, 6) is 2.03. The lowest BCUT2D eigenvalue weighted by Crippen LogP contribution is -2.69. The topological polar surface area (TPSA) is 105 Å². The smallest absolute Gasteiger partial charge is 0.169 e. The SMILES string of the molecule is C=CC(/C=C/c1ccc(N(CCO)CCO)cc1)=C\C=[NH+]CCSSCC[n+]1ccc(/C=C/c2ccc(N(CCO)CCO)cc2)cc1.CCl.CCl. The summed E-state index contributed by atoms with van der Waals surface area (Å²) >= 11 is 9.28. The molecule has 0 saturated carbocycles. The van der Waals surface area contributed by atoms with Gasteiger partial charge in [-0.15, -0.1) is 23.2 Å². The van der Waals surface area contributed by atoms with Crippen LogP contribution in [0.4, 0.5) is 11.4 Å². The Kier molecular flexibility index (Phi) is 28.4. The van der Waals surface area contributed by atoms with E-state index in [0.717, 1.165) is 58.2 Å². The average molecular weight is 792 g/mol. The Balaban J connectivity index is 0.00000326. The number of rotatable bonds is 23. The first-order chi connectivity index (χ1) is 25.6. The van der Waals surface area contributed by atoms with Crippen molar-refractivity contribution in [3.05, 3.63) is 120 Å². The van der Waals surface area contributed by atoms with Crippen molar-refractivity contribution in [1.82, 2.24) is 0 Å². The minimum atomic E-state index is 0.0472. The van der Waals surface area contributed by atoms with Crippen LogP contribution in [-0.2, 0) is 6.54 Å². The fraction of sp³-hybridized carbons (Fsp3) is 0.350. The lowest BCUT2D eigenvalue weighted by Gasteiger charge is -2.22. The first-order valence-electron chi connectivity index (χ1n) is 17.0. The van der Waals surface area contributed by atoms with Crippen molar-refractivity contribution >= 4 is 80.6 Å². The number of halogens is 2. The fourth-order valence-electron chi connectivity index (χ4n) is 4.72. The van der Waals surface area contributed by atoms with Gasteiger partial charge in [0.2, 0.25) is 0 Å². The van der Waals surface area contributed by atoms with Crippen molar-refractivity contribution in [1.29, 1.82) is 0 Å². The van der Waals surface area contributed by atoms with Crippen molar-refractivity contribution in [2.75, 3.05) is 93.2 Å². The van der Waals surface area contributed by atoms with Gasteiger partial charge in [0, 0.05) is 68.5 Å². The van der Waals surface area contributed by atoms with Gasteiger partial charge in [0.25, 0.3) is 0 Å². The molecular formula is C40H56Cl2N4O4S2+2. The number of nitrogens with one attached hydrogen (secondary N) is 1. The molecule has 0 saturated heterocycles. The summed E-state index contributed by atoms with van der Waals surface area (Å²) in [4.78, 5) is 7.28. The van der Waals surface area contributed by atoms with Gasteiger partial charge in [0.15, 0.2) is 31.7 Å². The predicted octanol–water partition coefficient (Wildman–Crippen LogP) is 4.80. The Morgan fingerprint density at radius 2 is 1.12 bits per heavy atom. The van der Waals surface area contributed by atoms with Crippen LogP contribution in [-0.4, -0.2) is 110 Å². The highest BCUT2D eigenvalue weighted by atomic mass is 35.5. The molecule has 0 fully saturated rings. The Labute approximate surface area is 328 Å². The third kappa shape index (κ3) is 19.7. The molecule has 3 aromatic rings. The minimum absolute atomic E-state index is 0.0472. The molecule has 0 spiro atoms. The van der Waals surface area contributed by atoms with E-state index in [4.69, 9.17) is 0 Å². The molecule has 1 aromatic heterocycles. The minimum Gasteiger partial charge on any atom is -0.395 e. The van der Waals surface area contributed by atoms with Crippen molar-refractivity contribution in [2.24, 2.45) is 0 Å². The van der Waals surface area contributed by atoms with Crippen molar-refractivity contribution in [3.63, 3.8) is 0 Å². The molecule has 0 amide bonds. The van der Waals surface area contributed by atoms with E-state index in [2.05, 4.69) is 76.0 Å². The molecule has 52 heavy (non-hydrogen) atoms. The van der Waals surface area contributed by atoms with Crippen molar-refractivity contribution in [3.8, 4) is 0 Å². The maximum atomic E-state index is 9.25. The molecule has 0 aliphatic rings. The van der Waals surface area contributed by atoms with E-state index in [-0.39, 0.29) is 26.4 Å². The van der Waals surface area contributed by atoms with Crippen LogP contribution >= 0.6 is 44.8 Å². The van der Waals surface area contributed by atoms with Crippen molar-refractivity contribution < 1.29 is 30.0 Å². The molecule has 8 nitrogen and oxygen atoms in total. The van der Waals surface area contributed by atoms with Crippen LogP contribution < -0.4 is 19.4 Å². The predicted molar refractivity (Wildman–Crippen MR) is 229 cm³/mol. The molecule has 0 aliphatic heterocycles. The van der Waals surface area contributed by atoms with Crippen LogP contribution in [0.25, 0.3) is 18.2 Å². The number of aromatic nitrogens is 1. The normalized spacial score (nSPS) is 11.3. The first kappa shape index (κ1) is 47.0. The number of aryl methyl sites for hydroxylation is 1. The zero-order valence-electron chi connectivity index (χ0n) is 30.4. The number of benzene rings is 2. The Bertz CT molecular complexity index is 1440. The third-order valence-electron chi connectivity index (χ3n) is 7.32. The van der Waals surface area contributed by atoms with Crippen LogP contribution in [0.2, 0.25) is 0 Å². The highest BCUT2D eigenvalue weighted by molar-refractivity contribution is 8.76. The van der Waals surface area contributed by atoms with E-state index in [1.54, 1.807) is 0 Å². The summed E-state index contributed by atoms with van der Waals surface area (Å²) in [5.41, 5.74) is 6.27.